The number of hydrogen-bond donors (Lipinski definition) is 1. The molecular weight excluding hydrogens is 270 g/mol. The SMILES string of the molecule is Cc1ccc(C2CC(=O)NC(=O)C2)cc1Br. The molecule has 1 heterocycles. The number of hydrogen-bond acceptors (Lipinski definition) is 2. The number of nitrogens with one attached hydrogen (secondary N) is 1. The minimum absolute atomic E-state index is 0.0122. The van der Waals surface area contributed by atoms with Crippen LogP contribution in [0, 0.1) is 6.92 Å². The third kappa shape index (κ3) is 2.32. The monoisotopic (exact) mass is 281 g/mol. The van der Waals surface area contributed by atoms with Gasteiger partial charge in [0.1, 0.15) is 0 Å². The standard InChI is InChI=1S/C12H12BrNO2/c1-7-2-3-8(4-10(7)13)9-5-11(15)14-12(16)6-9/h2-4,9H,5-6H2,1H3,(H,14,15,16). The lowest BCUT2D eigenvalue weighted by molar-refractivity contribution is -0.133. The summed E-state index contributed by atoms with van der Waals surface area (Å²) in [5, 5.41) is 2.32. The van der Waals surface area contributed by atoms with Crippen molar-refractivity contribution in [3.63, 3.8) is 0 Å². The van der Waals surface area contributed by atoms with Gasteiger partial charge < -0.3 is 0 Å². The number of carbonyl (C=O) groups excluding carboxylic acids is 2. The van der Waals surface area contributed by atoms with Crippen molar-refractivity contribution in [2.75, 3.05) is 0 Å². The predicted octanol–water partition coefficient (Wildman–Crippen LogP) is 2.28. The summed E-state index contributed by atoms with van der Waals surface area (Å²) in [4.78, 5) is 22.5. The molecule has 4 heteroatoms. The molecule has 1 fully saturated rings. The second-order valence-electron chi connectivity index (χ2n) is 4.09. The van der Waals surface area contributed by atoms with E-state index in [1.54, 1.807) is 0 Å². The fraction of sp³-hybridized carbons (Fsp3) is 0.333. The van der Waals surface area contributed by atoms with E-state index in [9.17, 15) is 9.59 Å². The van der Waals surface area contributed by atoms with Crippen LogP contribution in [0.1, 0.15) is 29.9 Å². The Morgan fingerprint density at radius 2 is 1.88 bits per heavy atom. The Hall–Kier alpha value is -1.16. The first-order valence-electron chi connectivity index (χ1n) is 5.15. The van der Waals surface area contributed by atoms with Crippen molar-refractivity contribution in [3.8, 4) is 0 Å². The topological polar surface area (TPSA) is 46.2 Å². The van der Waals surface area contributed by atoms with Crippen LogP contribution in [0.3, 0.4) is 0 Å². The van der Waals surface area contributed by atoms with Crippen LogP contribution >= 0.6 is 15.9 Å². The van der Waals surface area contributed by atoms with Gasteiger partial charge in [0, 0.05) is 23.2 Å². The van der Waals surface area contributed by atoms with Crippen LogP contribution < -0.4 is 5.32 Å². The molecule has 1 N–H and O–H groups in total. The van der Waals surface area contributed by atoms with Crippen LogP contribution in [0.25, 0.3) is 0 Å². The number of benzene rings is 1. The second kappa shape index (κ2) is 4.37. The summed E-state index contributed by atoms with van der Waals surface area (Å²) in [6.45, 7) is 2.01. The largest absolute Gasteiger partial charge is 0.296 e. The van der Waals surface area contributed by atoms with E-state index >= 15 is 0 Å². The van der Waals surface area contributed by atoms with E-state index in [1.807, 2.05) is 25.1 Å². The number of imide groups is 1. The number of halogens is 1. The van der Waals surface area contributed by atoms with E-state index in [0.717, 1.165) is 15.6 Å². The predicted molar refractivity (Wildman–Crippen MR) is 64.0 cm³/mol. The van der Waals surface area contributed by atoms with Crippen LogP contribution in [-0.2, 0) is 9.59 Å². The highest BCUT2D eigenvalue weighted by Crippen LogP contribution is 2.29. The van der Waals surface area contributed by atoms with Gasteiger partial charge in [-0.05, 0) is 24.1 Å². The Balaban J connectivity index is 2.26. The summed E-state index contributed by atoms with van der Waals surface area (Å²) in [6.07, 6.45) is 0.780. The Kier molecular flexibility index (Phi) is 3.10. The van der Waals surface area contributed by atoms with Crippen LogP contribution in [0.4, 0.5) is 0 Å². The first-order chi connectivity index (χ1) is 7.56. The lowest BCUT2D eigenvalue weighted by Crippen LogP contribution is -2.37. The van der Waals surface area contributed by atoms with Gasteiger partial charge in [-0.2, -0.15) is 0 Å². The lowest BCUT2D eigenvalue weighted by atomic mass is 9.89. The number of carbonyl (C=O) groups is 2. The first-order valence-corrected chi connectivity index (χ1v) is 5.94. The summed E-state index contributed by atoms with van der Waals surface area (Å²) in [6, 6.07) is 5.97. The molecule has 1 saturated heterocycles. The highest BCUT2D eigenvalue weighted by molar-refractivity contribution is 9.10. The minimum Gasteiger partial charge on any atom is -0.296 e. The van der Waals surface area contributed by atoms with Crippen molar-refractivity contribution in [2.45, 2.75) is 25.7 Å². The normalized spacial score (nSPS) is 17.4. The van der Waals surface area contributed by atoms with Crippen LogP contribution in [0.15, 0.2) is 22.7 Å². The van der Waals surface area contributed by atoms with Gasteiger partial charge in [0.15, 0.2) is 0 Å². The molecule has 0 saturated carbocycles. The maximum absolute atomic E-state index is 11.3. The zero-order valence-electron chi connectivity index (χ0n) is 8.92. The van der Waals surface area contributed by atoms with E-state index in [0.29, 0.717) is 12.8 Å². The molecule has 0 unspecified atom stereocenters. The Bertz CT molecular complexity index is 440. The Morgan fingerprint density at radius 3 is 2.44 bits per heavy atom. The molecule has 0 atom stereocenters. The van der Waals surface area contributed by atoms with Gasteiger partial charge in [-0.3, -0.25) is 14.9 Å². The molecule has 16 heavy (non-hydrogen) atoms. The molecule has 1 aromatic carbocycles. The number of rotatable bonds is 1. The van der Waals surface area contributed by atoms with Crippen LogP contribution in [0.5, 0.6) is 0 Å². The van der Waals surface area contributed by atoms with Crippen molar-refractivity contribution >= 4 is 27.7 Å². The van der Waals surface area contributed by atoms with E-state index in [1.165, 1.54) is 0 Å². The summed E-state index contributed by atoms with van der Waals surface area (Å²) in [5.41, 5.74) is 2.19. The lowest BCUT2D eigenvalue weighted by Gasteiger charge is -2.21. The maximum atomic E-state index is 11.3. The van der Waals surface area contributed by atoms with Crippen molar-refractivity contribution in [3.05, 3.63) is 33.8 Å². The maximum Gasteiger partial charge on any atom is 0.227 e. The summed E-state index contributed by atoms with van der Waals surface area (Å²) in [7, 11) is 0. The van der Waals surface area contributed by atoms with E-state index < -0.39 is 0 Å². The molecule has 3 nitrogen and oxygen atoms in total. The molecule has 1 aromatic rings. The quantitative estimate of drug-likeness (QED) is 0.803. The minimum atomic E-state index is -0.182. The van der Waals surface area contributed by atoms with Crippen molar-refractivity contribution in [2.24, 2.45) is 0 Å². The smallest absolute Gasteiger partial charge is 0.227 e. The average Bonchev–Trinajstić information content (AvgIpc) is 2.20. The Morgan fingerprint density at radius 1 is 1.25 bits per heavy atom. The van der Waals surface area contributed by atoms with Gasteiger partial charge in [0.05, 0.1) is 0 Å². The van der Waals surface area contributed by atoms with Crippen LogP contribution in [-0.4, -0.2) is 11.8 Å². The molecule has 0 aromatic heterocycles. The second-order valence-corrected chi connectivity index (χ2v) is 4.94. The molecule has 1 aliphatic heterocycles. The Labute approximate surface area is 102 Å². The van der Waals surface area contributed by atoms with Gasteiger partial charge in [0.25, 0.3) is 0 Å². The molecular formula is C12H12BrNO2. The molecule has 2 amide bonds. The fourth-order valence-corrected chi connectivity index (χ4v) is 2.27. The van der Waals surface area contributed by atoms with Gasteiger partial charge in [-0.15, -0.1) is 0 Å². The van der Waals surface area contributed by atoms with Crippen molar-refractivity contribution in [1.82, 2.24) is 5.32 Å². The molecule has 84 valence electrons. The third-order valence-electron chi connectivity index (χ3n) is 2.81. The number of aryl methyl sites for hydroxylation is 1. The van der Waals surface area contributed by atoms with Crippen molar-refractivity contribution < 1.29 is 9.59 Å². The van der Waals surface area contributed by atoms with Gasteiger partial charge in [0.2, 0.25) is 11.8 Å². The number of piperidine rings is 1. The van der Waals surface area contributed by atoms with Crippen LogP contribution in [0.2, 0.25) is 0 Å². The summed E-state index contributed by atoms with van der Waals surface area (Å²) < 4.78 is 1.02. The molecule has 0 radical (unpaired) electrons. The third-order valence-corrected chi connectivity index (χ3v) is 3.66. The highest BCUT2D eigenvalue weighted by Gasteiger charge is 2.26. The zero-order valence-corrected chi connectivity index (χ0v) is 10.5. The van der Waals surface area contributed by atoms with Crippen molar-refractivity contribution in [1.29, 1.82) is 0 Å². The summed E-state index contributed by atoms with van der Waals surface area (Å²) in [5.74, 6) is -0.353. The van der Waals surface area contributed by atoms with Gasteiger partial charge in [-0.25, -0.2) is 0 Å². The number of amides is 2. The molecule has 0 bridgehead atoms. The molecule has 1 aliphatic rings. The van der Waals surface area contributed by atoms with E-state index in [4.69, 9.17) is 0 Å². The van der Waals surface area contributed by atoms with Gasteiger partial charge >= 0.3 is 0 Å². The summed E-state index contributed by atoms with van der Waals surface area (Å²) >= 11 is 3.46. The zero-order chi connectivity index (χ0) is 11.7. The fourth-order valence-electron chi connectivity index (χ4n) is 1.88. The first kappa shape index (κ1) is 11.3. The van der Waals surface area contributed by atoms with Gasteiger partial charge in [-0.1, -0.05) is 28.1 Å². The highest BCUT2D eigenvalue weighted by atomic mass is 79.9. The molecule has 0 spiro atoms. The van der Waals surface area contributed by atoms with E-state index in [2.05, 4.69) is 21.2 Å². The average molecular weight is 282 g/mol. The molecule has 2 rings (SSSR count). The van der Waals surface area contributed by atoms with E-state index in [-0.39, 0.29) is 17.7 Å². The molecule has 0 aliphatic carbocycles.